The Labute approximate surface area is 162 Å². The Bertz CT molecular complexity index is 917. The summed E-state index contributed by atoms with van der Waals surface area (Å²) in [7, 11) is 1.82. The van der Waals surface area contributed by atoms with Crippen molar-refractivity contribution in [3.63, 3.8) is 0 Å². The zero-order valence-corrected chi connectivity index (χ0v) is 16.0. The van der Waals surface area contributed by atoms with Crippen LogP contribution in [0.4, 0.5) is 18.9 Å². The number of hydrogen-bond acceptors (Lipinski definition) is 4. The van der Waals surface area contributed by atoms with E-state index >= 15 is 0 Å². The lowest BCUT2D eigenvalue weighted by Gasteiger charge is -2.21. The first-order valence-corrected chi connectivity index (χ1v) is 8.40. The molecular formula is C21H20F3N3O. The van der Waals surface area contributed by atoms with E-state index in [0.29, 0.717) is 5.82 Å². The molecule has 7 heteroatoms. The predicted molar refractivity (Wildman–Crippen MR) is 103 cm³/mol. The van der Waals surface area contributed by atoms with Gasteiger partial charge < -0.3 is 9.64 Å². The van der Waals surface area contributed by atoms with Gasteiger partial charge in [-0.25, -0.2) is 9.97 Å². The normalized spacial score (nSPS) is 11.3. The molecule has 0 unspecified atom stereocenters. The number of halogens is 3. The van der Waals surface area contributed by atoms with Gasteiger partial charge >= 0.3 is 6.36 Å². The van der Waals surface area contributed by atoms with Crippen molar-refractivity contribution in [3.8, 4) is 17.6 Å². The molecule has 0 N–H and O–H groups in total. The van der Waals surface area contributed by atoms with Crippen LogP contribution in [0.3, 0.4) is 0 Å². The monoisotopic (exact) mass is 387 g/mol. The third kappa shape index (κ3) is 6.47. The molecule has 0 amide bonds. The summed E-state index contributed by atoms with van der Waals surface area (Å²) in [4.78, 5) is 10.00. The van der Waals surface area contributed by atoms with E-state index in [4.69, 9.17) is 0 Å². The molecule has 0 saturated heterocycles. The molecule has 2 rings (SSSR count). The van der Waals surface area contributed by atoms with Gasteiger partial charge in [0.1, 0.15) is 5.75 Å². The molecule has 0 spiro atoms. The van der Waals surface area contributed by atoms with Crippen LogP contribution in [0.5, 0.6) is 5.75 Å². The van der Waals surface area contributed by atoms with E-state index in [1.807, 2.05) is 38.8 Å². The van der Waals surface area contributed by atoms with Crippen LogP contribution in [0.15, 0.2) is 65.6 Å². The number of hydrogen-bond donors (Lipinski definition) is 0. The second kappa shape index (κ2) is 9.09. The van der Waals surface area contributed by atoms with Gasteiger partial charge in [0.25, 0.3) is 0 Å². The van der Waals surface area contributed by atoms with Crippen molar-refractivity contribution >= 4 is 5.69 Å². The van der Waals surface area contributed by atoms with Crippen molar-refractivity contribution in [3.05, 3.63) is 71.5 Å². The first kappa shape index (κ1) is 21.0. The Kier molecular flexibility index (Phi) is 6.83. The lowest BCUT2D eigenvalue weighted by atomic mass is 10.1. The van der Waals surface area contributed by atoms with Gasteiger partial charge in [-0.2, -0.15) is 0 Å². The molecule has 0 saturated carbocycles. The molecule has 0 radical (unpaired) electrons. The quantitative estimate of drug-likeness (QED) is 0.540. The second-order valence-corrected chi connectivity index (χ2v) is 6.12. The maximum absolute atomic E-state index is 12.3. The van der Waals surface area contributed by atoms with E-state index in [1.165, 1.54) is 12.1 Å². The lowest BCUT2D eigenvalue weighted by Crippen LogP contribution is -2.17. The summed E-state index contributed by atoms with van der Waals surface area (Å²) < 4.78 is 40.7. The van der Waals surface area contributed by atoms with Crippen LogP contribution in [-0.4, -0.2) is 23.4 Å². The Hall–Kier alpha value is -3.27. The third-order valence-electron chi connectivity index (χ3n) is 3.75. The number of anilines is 1. The van der Waals surface area contributed by atoms with Crippen LogP contribution in [-0.2, 0) is 0 Å². The Morgan fingerprint density at radius 3 is 2.21 bits per heavy atom. The van der Waals surface area contributed by atoms with Crippen LogP contribution in [0, 0.1) is 11.8 Å². The highest BCUT2D eigenvalue weighted by molar-refractivity contribution is 5.55. The molecule has 1 aromatic heterocycles. The number of benzene rings is 1. The molecule has 0 aliphatic rings. The van der Waals surface area contributed by atoms with Gasteiger partial charge in [0, 0.05) is 36.4 Å². The van der Waals surface area contributed by atoms with Crippen molar-refractivity contribution in [2.45, 2.75) is 27.1 Å². The molecule has 0 aliphatic heterocycles. The Balaban J connectivity index is 2.20. The molecule has 1 heterocycles. The minimum Gasteiger partial charge on any atom is -0.406 e. The van der Waals surface area contributed by atoms with E-state index < -0.39 is 6.36 Å². The molecule has 2 aromatic rings. The van der Waals surface area contributed by atoms with E-state index in [2.05, 4.69) is 26.5 Å². The topological polar surface area (TPSA) is 38.2 Å². The van der Waals surface area contributed by atoms with Gasteiger partial charge in [-0.15, -0.1) is 13.2 Å². The molecule has 0 bridgehead atoms. The number of allylic oxidation sites excluding steroid dienone is 4. The Morgan fingerprint density at radius 1 is 1.07 bits per heavy atom. The van der Waals surface area contributed by atoms with Crippen molar-refractivity contribution in [1.82, 2.24) is 9.97 Å². The van der Waals surface area contributed by atoms with Crippen LogP contribution in [0.2, 0.25) is 0 Å². The molecule has 0 aliphatic carbocycles. The number of nitrogens with zero attached hydrogens (tertiary/aromatic N) is 3. The fourth-order valence-electron chi connectivity index (χ4n) is 2.17. The summed E-state index contributed by atoms with van der Waals surface area (Å²) in [5.74, 6) is 6.16. The summed E-state index contributed by atoms with van der Waals surface area (Å²) >= 11 is 0. The van der Waals surface area contributed by atoms with Crippen molar-refractivity contribution < 1.29 is 17.9 Å². The number of rotatable bonds is 4. The van der Waals surface area contributed by atoms with Crippen LogP contribution in [0.1, 0.15) is 26.6 Å². The highest BCUT2D eigenvalue weighted by Crippen LogP contribution is 2.26. The van der Waals surface area contributed by atoms with Gasteiger partial charge in [-0.05, 0) is 63.1 Å². The average molecular weight is 387 g/mol. The SMILES string of the molecule is CC(C)=C(C#Cc1ncccn1)/C=C(/C)N(C)c1ccc(OC(F)(F)F)cc1. The van der Waals surface area contributed by atoms with E-state index in [-0.39, 0.29) is 5.75 Å². The molecule has 1 aromatic carbocycles. The Morgan fingerprint density at radius 2 is 1.68 bits per heavy atom. The number of aromatic nitrogens is 2. The van der Waals surface area contributed by atoms with Crippen LogP contribution < -0.4 is 9.64 Å². The maximum Gasteiger partial charge on any atom is 0.573 e. The first-order valence-electron chi connectivity index (χ1n) is 8.40. The van der Waals surface area contributed by atoms with Gasteiger partial charge in [0.15, 0.2) is 0 Å². The molecule has 28 heavy (non-hydrogen) atoms. The zero-order valence-electron chi connectivity index (χ0n) is 16.0. The summed E-state index contributed by atoms with van der Waals surface area (Å²) in [6.07, 6.45) is 0.453. The lowest BCUT2D eigenvalue weighted by molar-refractivity contribution is -0.274. The molecular weight excluding hydrogens is 367 g/mol. The summed E-state index contributed by atoms with van der Waals surface area (Å²) in [6.45, 7) is 5.79. The zero-order chi connectivity index (χ0) is 20.7. The predicted octanol–water partition coefficient (Wildman–Crippen LogP) is 5.10. The van der Waals surface area contributed by atoms with Crippen LogP contribution >= 0.6 is 0 Å². The summed E-state index contributed by atoms with van der Waals surface area (Å²) in [5.41, 5.74) is 3.42. The smallest absolute Gasteiger partial charge is 0.406 e. The number of alkyl halides is 3. The van der Waals surface area contributed by atoms with Gasteiger partial charge in [0.05, 0.1) is 0 Å². The summed E-state index contributed by atoms with van der Waals surface area (Å²) in [5, 5.41) is 0. The van der Waals surface area contributed by atoms with Crippen molar-refractivity contribution in [2.75, 3.05) is 11.9 Å². The molecule has 4 nitrogen and oxygen atoms in total. The summed E-state index contributed by atoms with van der Waals surface area (Å²) in [6, 6.07) is 7.40. The largest absolute Gasteiger partial charge is 0.573 e. The van der Waals surface area contributed by atoms with Gasteiger partial charge in [-0.1, -0.05) is 11.5 Å². The van der Waals surface area contributed by atoms with Crippen LogP contribution in [0.25, 0.3) is 0 Å². The second-order valence-electron chi connectivity index (χ2n) is 6.12. The fourth-order valence-corrected chi connectivity index (χ4v) is 2.17. The van der Waals surface area contributed by atoms with Crippen molar-refractivity contribution in [1.29, 1.82) is 0 Å². The first-order chi connectivity index (χ1) is 13.2. The molecule has 0 atom stereocenters. The van der Waals surface area contributed by atoms with Crippen molar-refractivity contribution in [2.24, 2.45) is 0 Å². The van der Waals surface area contributed by atoms with Gasteiger partial charge in [-0.3, -0.25) is 0 Å². The minimum atomic E-state index is -4.71. The highest BCUT2D eigenvalue weighted by Gasteiger charge is 2.31. The third-order valence-corrected chi connectivity index (χ3v) is 3.75. The van der Waals surface area contributed by atoms with E-state index in [0.717, 1.165) is 22.5 Å². The van der Waals surface area contributed by atoms with Gasteiger partial charge in [0.2, 0.25) is 5.82 Å². The average Bonchev–Trinajstić information content (AvgIpc) is 2.64. The molecule has 146 valence electrons. The maximum atomic E-state index is 12.3. The number of ether oxygens (including phenoxy) is 1. The standard InChI is InChI=1S/C21H20F3N3O/c1-15(2)17(6-11-20-25-12-5-13-26-20)14-16(3)27(4)18-7-9-19(10-8-18)28-21(22,23)24/h5,7-10,12-14H,1-4H3/b16-14-. The van der Waals surface area contributed by atoms with E-state index in [1.54, 1.807) is 30.6 Å². The highest BCUT2D eigenvalue weighted by atomic mass is 19.4. The molecule has 0 fully saturated rings. The minimum absolute atomic E-state index is 0.259. The van der Waals surface area contributed by atoms with E-state index in [9.17, 15) is 13.2 Å². The fraction of sp³-hybridized carbons (Fsp3) is 0.238.